The van der Waals surface area contributed by atoms with Crippen molar-refractivity contribution in [1.29, 1.82) is 0 Å². The number of hydrogen-bond donors (Lipinski definition) is 0. The summed E-state index contributed by atoms with van der Waals surface area (Å²) in [5, 5.41) is 8.68. The molecule has 6 heteroatoms. The molecule has 4 nitrogen and oxygen atoms in total. The molecule has 82 heavy (non-hydrogen) atoms. The van der Waals surface area contributed by atoms with Gasteiger partial charge in [-0.25, -0.2) is 8.78 Å². The Morgan fingerprint density at radius 2 is 0.683 bits per heavy atom. The van der Waals surface area contributed by atoms with Crippen LogP contribution in [0.4, 0.5) is 8.78 Å². The van der Waals surface area contributed by atoms with E-state index in [2.05, 4.69) is 179 Å². The number of aromatic nitrogens is 2. The summed E-state index contributed by atoms with van der Waals surface area (Å²) >= 11 is 0. The molecule has 0 radical (unpaired) electrons. The number of benzene rings is 7. The Hall–Kier alpha value is -6.66. The highest BCUT2D eigenvalue weighted by molar-refractivity contribution is 6.31. The fourth-order valence-corrected chi connectivity index (χ4v) is 16.7. The van der Waals surface area contributed by atoms with Gasteiger partial charge >= 0.3 is 0 Å². The molecule has 2 fully saturated rings. The summed E-state index contributed by atoms with van der Waals surface area (Å²) < 4.78 is 39.3. The summed E-state index contributed by atoms with van der Waals surface area (Å²) in [5.41, 5.74) is 17.2. The number of carbonyl (C=O) groups excluding carboxylic acids is 2. The Morgan fingerprint density at radius 1 is 0.354 bits per heavy atom. The van der Waals surface area contributed by atoms with E-state index in [4.69, 9.17) is 0 Å². The quantitative estimate of drug-likeness (QED) is 0.152. The van der Waals surface area contributed by atoms with Gasteiger partial charge in [-0.1, -0.05) is 121 Å². The maximum Gasteiger partial charge on any atom is 0.200 e. The van der Waals surface area contributed by atoms with Crippen LogP contribution in [-0.2, 0) is 11.1 Å². The molecule has 0 unspecified atom stereocenters. The molecule has 0 N–H and O–H groups in total. The highest BCUT2D eigenvalue weighted by Gasteiger charge is 2.55. The van der Waals surface area contributed by atoms with E-state index >= 15 is 13.6 Å². The Balaban J connectivity index is 1.13. The van der Waals surface area contributed by atoms with Gasteiger partial charge in [0.05, 0.1) is 33.1 Å². The molecule has 0 amide bonds. The zero-order chi connectivity index (χ0) is 57.5. The smallest absolute Gasteiger partial charge is 0.200 e. The number of fused-ring (bicyclic) bond motifs is 16. The standard InChI is InChI=1S/C76H78F2N2O2/c1-37(2)43-23-47(39(5)6)67(48(24-43)40(7)8)45-27-55-51-31-61-59(71(81)74(14)17-15-73(61,13)16-18-74)35-65(51)79-63-33-54-58-30-46(68-49(41(9)10)25-44(38(3)4)26-50(68)42(11)12)28-56-52-32-62-60(72(82)76(78)21-19-75(62,77)20-22-76)36-66(52)80(70(56)58)64(54)34-53(63)57(29-45)69(55)79/h23-42H,15-22H2,1-14H3. The predicted molar refractivity (Wildman–Crippen MR) is 339 cm³/mol. The monoisotopic (exact) mass is 1090 g/mol. The van der Waals surface area contributed by atoms with Crippen molar-refractivity contribution in [2.45, 2.75) is 201 Å². The lowest BCUT2D eigenvalue weighted by molar-refractivity contribution is 0.0233. The normalized spacial score (nSPS) is 23.1. The summed E-state index contributed by atoms with van der Waals surface area (Å²) in [6.45, 7) is 32.3. The second-order valence-electron chi connectivity index (χ2n) is 29.0. The summed E-state index contributed by atoms with van der Waals surface area (Å²) in [6, 6.07) is 32.8. The molecule has 0 spiro atoms. The molecule has 2 saturated carbocycles. The van der Waals surface area contributed by atoms with E-state index in [-0.39, 0.29) is 71.5 Å². The van der Waals surface area contributed by atoms with Gasteiger partial charge in [0.2, 0.25) is 0 Å². The van der Waals surface area contributed by atoms with Gasteiger partial charge in [-0.15, -0.1) is 0 Å². The topological polar surface area (TPSA) is 43.0 Å². The largest absolute Gasteiger partial charge is 0.308 e. The molecule has 6 aliphatic rings. The van der Waals surface area contributed by atoms with Gasteiger partial charge < -0.3 is 8.80 Å². The lowest BCUT2D eigenvalue weighted by atomic mass is 9.65. The van der Waals surface area contributed by atoms with Crippen LogP contribution >= 0.6 is 0 Å². The lowest BCUT2D eigenvalue weighted by Crippen LogP contribution is -2.37. The van der Waals surface area contributed by atoms with Gasteiger partial charge in [-0.05, 0) is 214 Å². The minimum Gasteiger partial charge on any atom is -0.308 e. The highest BCUT2D eigenvalue weighted by Crippen LogP contribution is 2.58. The van der Waals surface area contributed by atoms with Gasteiger partial charge in [0.25, 0.3) is 0 Å². The average molecular weight is 1090 g/mol. The molecule has 0 aliphatic heterocycles. The zero-order valence-electron chi connectivity index (χ0n) is 50.7. The molecular weight excluding hydrogens is 1010 g/mol. The molecule has 7 aromatic carbocycles. The first-order valence-corrected chi connectivity index (χ1v) is 31.2. The van der Waals surface area contributed by atoms with Crippen molar-refractivity contribution in [3.05, 3.63) is 141 Å². The summed E-state index contributed by atoms with van der Waals surface area (Å²) in [7, 11) is 0. The SMILES string of the molecule is CC(C)c1cc(C(C)C)c(-c2cc3c4cc5c(cc4n4c6cc7c8cc(-c9c(C(C)C)cc(C(C)C)cc9C(C)C)cc9c%10cc%11c(cc%10n(c7cc6c(c2)c34)c98)C(=O)C2(F)CCC%11(F)CC2)C(=O)C2(C)CCC5(C)CC2)c(C(C)C)c1. The first kappa shape index (κ1) is 52.2. The molecule has 11 aromatic rings. The molecule has 17 rings (SSSR count). The summed E-state index contributed by atoms with van der Waals surface area (Å²) in [6.07, 6.45) is 3.57. The predicted octanol–water partition coefficient (Wildman–Crippen LogP) is 21.7. The fraction of sp³-hybridized carbons (Fsp3) is 0.421. The molecule has 4 bridgehead atoms. The molecule has 6 aliphatic carbocycles. The van der Waals surface area contributed by atoms with Crippen molar-refractivity contribution in [3.63, 3.8) is 0 Å². The van der Waals surface area contributed by atoms with E-state index in [0.717, 1.165) is 102 Å². The maximum atomic E-state index is 17.6. The molecule has 4 heterocycles. The zero-order valence-corrected chi connectivity index (χ0v) is 50.7. The van der Waals surface area contributed by atoms with Crippen molar-refractivity contribution in [2.24, 2.45) is 5.41 Å². The van der Waals surface area contributed by atoms with Gasteiger partial charge in [0, 0.05) is 65.2 Å². The third kappa shape index (κ3) is 6.81. The number of ketones is 2. The molecule has 4 aromatic heterocycles. The van der Waals surface area contributed by atoms with E-state index < -0.39 is 17.1 Å². The number of hydrogen-bond acceptors (Lipinski definition) is 2. The van der Waals surface area contributed by atoms with Crippen LogP contribution in [0.3, 0.4) is 0 Å². The van der Waals surface area contributed by atoms with Crippen LogP contribution < -0.4 is 0 Å². The third-order valence-electron chi connectivity index (χ3n) is 21.9. The van der Waals surface area contributed by atoms with Crippen molar-refractivity contribution in [3.8, 4) is 22.3 Å². The Morgan fingerprint density at radius 3 is 1.06 bits per heavy atom. The highest BCUT2D eigenvalue weighted by atomic mass is 19.1. The molecule has 0 saturated heterocycles. The number of nitrogens with zero attached hydrogens (tertiary/aromatic N) is 2. The number of alkyl halides is 2. The van der Waals surface area contributed by atoms with Crippen LogP contribution in [0.5, 0.6) is 0 Å². The maximum absolute atomic E-state index is 17.6. The lowest BCUT2D eigenvalue weighted by Gasteiger charge is -2.38. The molecule has 418 valence electrons. The Kier molecular flexibility index (Phi) is 10.8. The summed E-state index contributed by atoms with van der Waals surface area (Å²) in [5.74, 6) is 1.45. The average Bonchev–Trinajstić information content (AvgIpc) is 3.80. The number of Topliss-reactive ketones (excluding diaryl/α,β-unsaturated/α-hetero) is 2. The first-order valence-electron chi connectivity index (χ1n) is 31.2. The van der Waals surface area contributed by atoms with Gasteiger partial charge in [0.15, 0.2) is 17.2 Å². The summed E-state index contributed by atoms with van der Waals surface area (Å²) in [4.78, 5) is 29.7. The van der Waals surface area contributed by atoms with Crippen LogP contribution in [0.15, 0.2) is 84.9 Å². The van der Waals surface area contributed by atoms with Crippen LogP contribution in [0.25, 0.3) is 98.4 Å². The van der Waals surface area contributed by atoms with Gasteiger partial charge in [-0.3, -0.25) is 9.59 Å². The minimum absolute atomic E-state index is 0.00659. The van der Waals surface area contributed by atoms with E-state index in [1.807, 2.05) is 12.1 Å². The number of halogens is 2. The van der Waals surface area contributed by atoms with E-state index in [9.17, 15) is 4.79 Å². The van der Waals surface area contributed by atoms with Crippen LogP contribution in [0.2, 0.25) is 0 Å². The van der Waals surface area contributed by atoms with E-state index in [0.29, 0.717) is 17.4 Å². The second-order valence-corrected chi connectivity index (χ2v) is 29.0. The van der Waals surface area contributed by atoms with Crippen molar-refractivity contribution < 1.29 is 18.4 Å². The minimum atomic E-state index is -2.09. The Labute approximate surface area is 481 Å². The van der Waals surface area contributed by atoms with Gasteiger partial charge in [0.1, 0.15) is 5.67 Å². The second kappa shape index (κ2) is 17.0. The van der Waals surface area contributed by atoms with Crippen molar-refractivity contribution in [2.75, 3.05) is 0 Å². The Bertz CT molecular complexity index is 4280. The fourth-order valence-electron chi connectivity index (χ4n) is 16.7. The molecular formula is C76H78F2N2O2. The van der Waals surface area contributed by atoms with Crippen molar-refractivity contribution >= 4 is 87.8 Å². The number of carbonyl (C=O) groups is 2. The first-order chi connectivity index (χ1) is 38.8. The van der Waals surface area contributed by atoms with Crippen LogP contribution in [0, 0.1) is 5.41 Å². The van der Waals surface area contributed by atoms with E-state index in [1.54, 1.807) is 0 Å². The van der Waals surface area contributed by atoms with Crippen molar-refractivity contribution in [1.82, 2.24) is 8.80 Å². The van der Waals surface area contributed by atoms with Crippen LogP contribution in [0.1, 0.15) is 249 Å². The van der Waals surface area contributed by atoms with E-state index in [1.165, 1.54) is 66.4 Å². The van der Waals surface area contributed by atoms with Gasteiger partial charge in [-0.2, -0.15) is 0 Å². The molecule has 0 atom stereocenters. The number of rotatable bonds is 8. The van der Waals surface area contributed by atoms with Crippen LogP contribution in [-0.4, -0.2) is 26.0 Å². The third-order valence-corrected chi connectivity index (χ3v) is 21.9.